The number of aromatic nitrogens is 6. The number of fused-ring (bicyclic) bond motifs is 1. The van der Waals surface area contributed by atoms with E-state index in [-0.39, 0.29) is 5.92 Å². The van der Waals surface area contributed by atoms with Gasteiger partial charge in [0.2, 0.25) is 0 Å². The summed E-state index contributed by atoms with van der Waals surface area (Å²) in [5.41, 5.74) is 4.78. The van der Waals surface area contributed by atoms with E-state index in [1.807, 2.05) is 20.0 Å². The van der Waals surface area contributed by atoms with Gasteiger partial charge in [0, 0.05) is 22.7 Å². The molecule has 6 rings (SSSR count). The van der Waals surface area contributed by atoms with Crippen LogP contribution in [0.4, 0.5) is 4.39 Å². The number of nitrogens with zero attached hydrogens (tertiary/aromatic N) is 6. The standard InChI is InChI=1S/C26H26ClFN6/c1-14-15(2)31-26-24(30-14)23(21-9-6-19(27)11-22(21)28)32-25(33-26)17-5-3-4-16(10-17)18-12-29-34(13-18)20-7-8-20/h6,9,11-13,16-17,20H,3-5,7-8,10H2,1-2H3/t16-,17+/m1/s1. The lowest BCUT2D eigenvalue weighted by molar-refractivity contribution is 0.383. The Labute approximate surface area is 202 Å². The molecule has 3 heterocycles. The summed E-state index contributed by atoms with van der Waals surface area (Å²) >= 11 is 6.01. The van der Waals surface area contributed by atoms with Crippen molar-refractivity contribution < 1.29 is 4.39 Å². The van der Waals surface area contributed by atoms with Crippen molar-refractivity contribution in [3.8, 4) is 11.3 Å². The van der Waals surface area contributed by atoms with E-state index >= 15 is 0 Å². The number of rotatable bonds is 4. The first-order valence-electron chi connectivity index (χ1n) is 12.0. The van der Waals surface area contributed by atoms with Gasteiger partial charge in [-0.1, -0.05) is 18.0 Å². The van der Waals surface area contributed by atoms with Crippen molar-refractivity contribution in [2.45, 2.75) is 70.3 Å². The van der Waals surface area contributed by atoms with Gasteiger partial charge in [-0.2, -0.15) is 5.10 Å². The summed E-state index contributed by atoms with van der Waals surface area (Å²) in [4.78, 5) is 19.1. The number of hydrogen-bond donors (Lipinski definition) is 0. The highest BCUT2D eigenvalue weighted by molar-refractivity contribution is 6.30. The van der Waals surface area contributed by atoms with Crippen molar-refractivity contribution in [2.24, 2.45) is 0 Å². The summed E-state index contributed by atoms with van der Waals surface area (Å²) in [6.07, 6.45) is 10.9. The Morgan fingerprint density at radius 2 is 1.76 bits per heavy atom. The van der Waals surface area contributed by atoms with E-state index < -0.39 is 5.82 Å². The van der Waals surface area contributed by atoms with Crippen LogP contribution in [0.3, 0.4) is 0 Å². The molecule has 3 aromatic heterocycles. The van der Waals surface area contributed by atoms with Gasteiger partial charge in [-0.05, 0) is 75.6 Å². The minimum atomic E-state index is -0.424. The molecule has 0 saturated heterocycles. The maximum absolute atomic E-state index is 15.0. The van der Waals surface area contributed by atoms with Gasteiger partial charge in [-0.25, -0.2) is 24.3 Å². The molecule has 2 saturated carbocycles. The van der Waals surface area contributed by atoms with Gasteiger partial charge < -0.3 is 0 Å². The van der Waals surface area contributed by atoms with Gasteiger partial charge in [0.25, 0.3) is 0 Å². The van der Waals surface area contributed by atoms with E-state index in [1.165, 1.54) is 24.5 Å². The average molecular weight is 477 g/mol. The SMILES string of the molecule is Cc1nc2nc([C@H]3CCC[C@@H](c4cnn(C5CC5)c4)C3)nc(-c3ccc(Cl)cc3F)c2nc1C. The van der Waals surface area contributed by atoms with Gasteiger partial charge >= 0.3 is 0 Å². The number of halogens is 2. The van der Waals surface area contributed by atoms with Crippen LogP contribution in [0, 0.1) is 19.7 Å². The molecule has 0 unspecified atom stereocenters. The zero-order valence-corrected chi connectivity index (χ0v) is 20.1. The van der Waals surface area contributed by atoms with Crippen LogP contribution >= 0.6 is 11.6 Å². The predicted octanol–water partition coefficient (Wildman–Crippen LogP) is 6.47. The van der Waals surface area contributed by atoms with Crippen LogP contribution in [0.15, 0.2) is 30.6 Å². The van der Waals surface area contributed by atoms with Crippen LogP contribution in [0.1, 0.15) is 79.2 Å². The topological polar surface area (TPSA) is 69.4 Å². The molecular formula is C26H26ClFN6. The number of hydrogen-bond acceptors (Lipinski definition) is 5. The molecule has 2 aliphatic carbocycles. The van der Waals surface area contributed by atoms with Crippen molar-refractivity contribution in [1.82, 2.24) is 29.7 Å². The van der Waals surface area contributed by atoms with E-state index in [0.717, 1.165) is 37.1 Å². The van der Waals surface area contributed by atoms with E-state index in [2.05, 4.69) is 16.0 Å². The summed E-state index contributed by atoms with van der Waals surface area (Å²) in [7, 11) is 0. The smallest absolute Gasteiger partial charge is 0.182 e. The zero-order valence-electron chi connectivity index (χ0n) is 19.3. The largest absolute Gasteiger partial charge is 0.269 e. The first-order valence-corrected chi connectivity index (χ1v) is 12.4. The van der Waals surface area contributed by atoms with Crippen molar-refractivity contribution in [1.29, 1.82) is 0 Å². The Bertz CT molecular complexity index is 1400. The van der Waals surface area contributed by atoms with Gasteiger partial charge in [0.1, 0.15) is 22.9 Å². The number of benzene rings is 1. The predicted molar refractivity (Wildman–Crippen MR) is 129 cm³/mol. The Hall–Kier alpha value is -2.93. The minimum Gasteiger partial charge on any atom is -0.269 e. The van der Waals surface area contributed by atoms with Gasteiger partial charge in [-0.3, -0.25) is 4.68 Å². The Kier molecular flexibility index (Phi) is 5.32. The Morgan fingerprint density at radius 3 is 2.56 bits per heavy atom. The molecule has 4 aromatic rings. The molecule has 2 atom stereocenters. The minimum absolute atomic E-state index is 0.171. The summed E-state index contributed by atoms with van der Waals surface area (Å²) in [6.45, 7) is 3.81. The summed E-state index contributed by atoms with van der Waals surface area (Å²) in [5, 5.41) is 4.94. The molecule has 0 aliphatic heterocycles. The maximum atomic E-state index is 15.0. The lowest BCUT2D eigenvalue weighted by atomic mass is 9.78. The highest BCUT2D eigenvalue weighted by Gasteiger charge is 2.30. The monoisotopic (exact) mass is 476 g/mol. The fraction of sp³-hybridized carbons (Fsp3) is 0.423. The molecule has 6 nitrogen and oxygen atoms in total. The Balaban J connectivity index is 1.41. The normalized spacial score (nSPS) is 20.7. The van der Waals surface area contributed by atoms with E-state index in [4.69, 9.17) is 31.5 Å². The fourth-order valence-corrected chi connectivity index (χ4v) is 5.17. The second-order valence-electron chi connectivity index (χ2n) is 9.67. The lowest BCUT2D eigenvalue weighted by Crippen LogP contribution is -2.16. The number of aryl methyl sites for hydroxylation is 2. The third-order valence-corrected chi connectivity index (χ3v) is 7.43. The zero-order chi connectivity index (χ0) is 23.4. The highest BCUT2D eigenvalue weighted by Crippen LogP contribution is 2.42. The van der Waals surface area contributed by atoms with Gasteiger partial charge in [-0.15, -0.1) is 0 Å². The molecule has 174 valence electrons. The molecule has 0 N–H and O–H groups in total. The maximum Gasteiger partial charge on any atom is 0.182 e. The Morgan fingerprint density at radius 1 is 0.971 bits per heavy atom. The van der Waals surface area contributed by atoms with E-state index in [0.29, 0.717) is 45.2 Å². The van der Waals surface area contributed by atoms with Gasteiger partial charge in [0.05, 0.1) is 23.6 Å². The highest BCUT2D eigenvalue weighted by atomic mass is 35.5. The summed E-state index contributed by atoms with van der Waals surface area (Å²) < 4.78 is 17.1. The average Bonchev–Trinajstić information content (AvgIpc) is 3.56. The first-order chi connectivity index (χ1) is 16.5. The lowest BCUT2D eigenvalue weighted by Gasteiger charge is -2.28. The van der Waals surface area contributed by atoms with Crippen LogP contribution in [0.2, 0.25) is 5.02 Å². The molecule has 0 amide bonds. The second-order valence-corrected chi connectivity index (χ2v) is 10.1. The van der Waals surface area contributed by atoms with Crippen LogP contribution in [0.5, 0.6) is 0 Å². The fourth-order valence-electron chi connectivity index (χ4n) is 5.01. The summed E-state index contributed by atoms with van der Waals surface area (Å²) in [6, 6.07) is 5.23. The quantitative estimate of drug-likeness (QED) is 0.337. The van der Waals surface area contributed by atoms with E-state index in [1.54, 1.807) is 12.1 Å². The molecule has 1 aromatic carbocycles. The molecule has 0 bridgehead atoms. The third-order valence-electron chi connectivity index (χ3n) is 7.20. The third kappa shape index (κ3) is 3.96. The molecule has 2 fully saturated rings. The van der Waals surface area contributed by atoms with Crippen LogP contribution in [-0.4, -0.2) is 29.7 Å². The summed E-state index contributed by atoms with van der Waals surface area (Å²) in [5.74, 6) is 0.887. The molecule has 34 heavy (non-hydrogen) atoms. The molecule has 2 aliphatic rings. The first kappa shape index (κ1) is 21.6. The van der Waals surface area contributed by atoms with Crippen LogP contribution in [0.25, 0.3) is 22.4 Å². The van der Waals surface area contributed by atoms with E-state index in [9.17, 15) is 4.39 Å². The van der Waals surface area contributed by atoms with Crippen molar-refractivity contribution in [3.05, 3.63) is 64.2 Å². The molecule has 8 heteroatoms. The van der Waals surface area contributed by atoms with Crippen molar-refractivity contribution >= 4 is 22.8 Å². The molecule has 0 radical (unpaired) electrons. The van der Waals surface area contributed by atoms with Gasteiger partial charge in [0.15, 0.2) is 5.65 Å². The second kappa shape index (κ2) is 8.38. The van der Waals surface area contributed by atoms with Crippen molar-refractivity contribution in [3.63, 3.8) is 0 Å². The van der Waals surface area contributed by atoms with Crippen LogP contribution < -0.4 is 0 Å². The van der Waals surface area contributed by atoms with Crippen LogP contribution in [-0.2, 0) is 0 Å². The molecule has 0 spiro atoms. The molecular weight excluding hydrogens is 451 g/mol. The van der Waals surface area contributed by atoms with Crippen molar-refractivity contribution in [2.75, 3.05) is 0 Å².